The summed E-state index contributed by atoms with van der Waals surface area (Å²) in [6, 6.07) is 9.66. The average molecular weight is 377 g/mol. The summed E-state index contributed by atoms with van der Waals surface area (Å²) < 4.78 is 14.0. The zero-order valence-corrected chi connectivity index (χ0v) is 15.5. The molecule has 28 heavy (non-hydrogen) atoms. The van der Waals surface area contributed by atoms with Crippen LogP contribution in [0.1, 0.15) is 37.7 Å². The smallest absolute Gasteiger partial charge is 0.254 e. The molecule has 1 aromatic carbocycles. The predicted molar refractivity (Wildman–Crippen MR) is 104 cm³/mol. The minimum absolute atomic E-state index is 0.0336. The molecule has 1 aliphatic heterocycles. The second kappa shape index (κ2) is 7.38. The zero-order valence-electron chi connectivity index (χ0n) is 15.5. The number of amides is 1. The molecule has 2 aromatic rings. The Morgan fingerprint density at radius 1 is 1.21 bits per heavy atom. The van der Waals surface area contributed by atoms with Crippen molar-refractivity contribution < 1.29 is 14.0 Å². The highest BCUT2D eigenvalue weighted by Gasteiger charge is 2.38. The van der Waals surface area contributed by atoms with Crippen molar-refractivity contribution in [1.29, 1.82) is 0 Å². The van der Waals surface area contributed by atoms with Gasteiger partial charge in [0.1, 0.15) is 5.82 Å². The number of anilines is 1. The summed E-state index contributed by atoms with van der Waals surface area (Å²) in [5.41, 5.74) is 3.42. The van der Waals surface area contributed by atoms with Gasteiger partial charge in [0.15, 0.2) is 5.78 Å². The number of rotatable bonds is 3. The summed E-state index contributed by atoms with van der Waals surface area (Å²) in [5, 5.41) is 5.90. The molecule has 6 heteroatoms. The molecule has 1 aliphatic carbocycles. The van der Waals surface area contributed by atoms with Crippen LogP contribution in [0.5, 0.6) is 0 Å². The van der Waals surface area contributed by atoms with Crippen LogP contribution in [0, 0.1) is 5.82 Å². The van der Waals surface area contributed by atoms with Gasteiger partial charge in [0.25, 0.3) is 5.91 Å². The maximum absolute atomic E-state index is 14.0. The first-order valence-corrected chi connectivity index (χ1v) is 9.26. The number of nitrogens with one attached hydrogen (secondary N) is 2. The number of pyridine rings is 1. The average Bonchev–Trinajstić information content (AvgIpc) is 2.69. The molecule has 0 unspecified atom stereocenters. The summed E-state index contributed by atoms with van der Waals surface area (Å²) >= 11 is 0. The van der Waals surface area contributed by atoms with Crippen molar-refractivity contribution >= 4 is 17.4 Å². The summed E-state index contributed by atoms with van der Waals surface area (Å²) in [7, 11) is 0. The summed E-state index contributed by atoms with van der Waals surface area (Å²) in [6.07, 6.45) is 5.33. The quantitative estimate of drug-likeness (QED) is 0.853. The number of ketones is 1. The van der Waals surface area contributed by atoms with Gasteiger partial charge in [0.05, 0.1) is 5.69 Å². The standard InChI is InChI=1S/C22H20FN3O2/c1-13-19(22(28)26-16-8-3-2-7-15(16)23)20(14-6-5-11-24-12-14)21-17(25-13)9-4-10-18(21)27/h2-3,5-8,11-12,20,25H,4,9-10H2,1H3,(H,26,28)/t20-/m0/s1. The first-order valence-electron chi connectivity index (χ1n) is 9.26. The molecule has 2 aliphatic rings. The number of aromatic nitrogens is 1. The van der Waals surface area contributed by atoms with Crippen LogP contribution >= 0.6 is 0 Å². The van der Waals surface area contributed by atoms with E-state index in [0.717, 1.165) is 24.1 Å². The Morgan fingerprint density at radius 3 is 2.79 bits per heavy atom. The fourth-order valence-electron chi connectivity index (χ4n) is 3.92. The van der Waals surface area contributed by atoms with Crippen molar-refractivity contribution in [2.24, 2.45) is 0 Å². The molecule has 0 saturated heterocycles. The number of nitrogens with zero attached hydrogens (tertiary/aromatic N) is 1. The van der Waals surface area contributed by atoms with Crippen LogP contribution in [-0.2, 0) is 9.59 Å². The number of allylic oxidation sites excluding steroid dienone is 3. The molecular formula is C22H20FN3O2. The Kier molecular flexibility index (Phi) is 4.77. The lowest BCUT2D eigenvalue weighted by Gasteiger charge is -2.34. The second-order valence-corrected chi connectivity index (χ2v) is 6.99. The van der Waals surface area contributed by atoms with E-state index in [-0.39, 0.29) is 11.5 Å². The molecule has 0 spiro atoms. The molecule has 142 valence electrons. The highest BCUT2D eigenvalue weighted by atomic mass is 19.1. The number of carbonyl (C=O) groups excluding carboxylic acids is 2. The summed E-state index contributed by atoms with van der Waals surface area (Å²) in [4.78, 5) is 30.1. The molecule has 4 rings (SSSR count). The second-order valence-electron chi connectivity index (χ2n) is 6.99. The fraction of sp³-hybridized carbons (Fsp3) is 0.227. The third-order valence-corrected chi connectivity index (χ3v) is 5.16. The Morgan fingerprint density at radius 2 is 2.04 bits per heavy atom. The number of halogens is 1. The van der Waals surface area contributed by atoms with E-state index in [0.29, 0.717) is 23.3 Å². The topological polar surface area (TPSA) is 71.1 Å². The largest absolute Gasteiger partial charge is 0.362 e. The lowest BCUT2D eigenvalue weighted by Crippen LogP contribution is -2.35. The van der Waals surface area contributed by atoms with E-state index in [9.17, 15) is 14.0 Å². The van der Waals surface area contributed by atoms with Gasteiger partial charge in [-0.15, -0.1) is 0 Å². The predicted octanol–water partition coefficient (Wildman–Crippen LogP) is 3.83. The van der Waals surface area contributed by atoms with Gasteiger partial charge < -0.3 is 10.6 Å². The molecule has 0 saturated carbocycles. The van der Waals surface area contributed by atoms with Gasteiger partial charge in [-0.05, 0) is 43.5 Å². The summed E-state index contributed by atoms with van der Waals surface area (Å²) in [5.74, 6) is -1.44. The van der Waals surface area contributed by atoms with Crippen molar-refractivity contribution in [3.63, 3.8) is 0 Å². The van der Waals surface area contributed by atoms with Crippen LogP contribution < -0.4 is 10.6 Å². The van der Waals surface area contributed by atoms with Gasteiger partial charge in [0.2, 0.25) is 0 Å². The number of hydrogen-bond acceptors (Lipinski definition) is 4. The van der Waals surface area contributed by atoms with E-state index in [1.807, 2.05) is 13.0 Å². The van der Waals surface area contributed by atoms with Crippen molar-refractivity contribution in [3.05, 3.63) is 82.7 Å². The van der Waals surface area contributed by atoms with Crippen molar-refractivity contribution in [3.8, 4) is 0 Å². The van der Waals surface area contributed by atoms with Crippen LogP contribution in [0.25, 0.3) is 0 Å². The first-order chi connectivity index (χ1) is 13.6. The molecule has 1 atom stereocenters. The van der Waals surface area contributed by atoms with Crippen LogP contribution in [-0.4, -0.2) is 16.7 Å². The molecule has 0 fully saturated rings. The lowest BCUT2D eigenvalue weighted by atomic mass is 9.75. The van der Waals surface area contributed by atoms with Crippen molar-refractivity contribution in [2.45, 2.75) is 32.1 Å². The minimum atomic E-state index is -0.524. The first kappa shape index (κ1) is 18.1. The number of benzene rings is 1. The molecule has 0 radical (unpaired) electrons. The highest BCUT2D eigenvalue weighted by molar-refractivity contribution is 6.09. The zero-order chi connectivity index (χ0) is 19.7. The van der Waals surface area contributed by atoms with Crippen molar-refractivity contribution in [1.82, 2.24) is 10.3 Å². The maximum Gasteiger partial charge on any atom is 0.254 e. The summed E-state index contributed by atoms with van der Waals surface area (Å²) in [6.45, 7) is 1.81. The van der Waals surface area contributed by atoms with E-state index >= 15 is 0 Å². The van der Waals surface area contributed by atoms with Gasteiger partial charge in [-0.25, -0.2) is 4.39 Å². The highest BCUT2D eigenvalue weighted by Crippen LogP contribution is 2.42. The molecule has 1 aromatic heterocycles. The Balaban J connectivity index is 1.79. The van der Waals surface area contributed by atoms with Gasteiger partial charge >= 0.3 is 0 Å². The van der Waals surface area contributed by atoms with E-state index in [1.165, 1.54) is 12.1 Å². The van der Waals surface area contributed by atoms with Gasteiger partial charge in [-0.2, -0.15) is 0 Å². The minimum Gasteiger partial charge on any atom is -0.362 e. The third-order valence-electron chi connectivity index (χ3n) is 5.16. The monoisotopic (exact) mass is 377 g/mol. The Labute approximate surface area is 162 Å². The maximum atomic E-state index is 14.0. The van der Waals surface area contributed by atoms with Gasteiger partial charge in [-0.1, -0.05) is 18.2 Å². The fourth-order valence-corrected chi connectivity index (χ4v) is 3.92. The van der Waals surface area contributed by atoms with Gasteiger partial charge in [-0.3, -0.25) is 14.6 Å². The number of Topliss-reactive ketones (excluding diaryl/α,β-unsaturated/α-hetero) is 1. The molecule has 2 heterocycles. The number of carbonyl (C=O) groups is 2. The van der Waals surface area contributed by atoms with Gasteiger partial charge in [0, 0.05) is 47.3 Å². The van der Waals surface area contributed by atoms with Crippen LogP contribution in [0.4, 0.5) is 10.1 Å². The Hall–Kier alpha value is -3.28. The van der Waals surface area contributed by atoms with Crippen LogP contribution in [0.2, 0.25) is 0 Å². The van der Waals surface area contributed by atoms with E-state index in [1.54, 1.807) is 30.6 Å². The molecular weight excluding hydrogens is 357 g/mol. The normalized spacial score (nSPS) is 19.2. The molecule has 1 amide bonds. The van der Waals surface area contributed by atoms with E-state index in [2.05, 4.69) is 15.6 Å². The molecule has 0 bridgehead atoms. The SMILES string of the molecule is CC1=C(C(=O)Nc2ccccc2F)[C@H](c2cccnc2)C2=C(CCCC2=O)N1. The van der Waals surface area contributed by atoms with Crippen LogP contribution in [0.15, 0.2) is 71.3 Å². The third kappa shape index (κ3) is 3.22. The van der Waals surface area contributed by atoms with E-state index in [4.69, 9.17) is 0 Å². The van der Waals surface area contributed by atoms with Crippen LogP contribution in [0.3, 0.4) is 0 Å². The van der Waals surface area contributed by atoms with E-state index < -0.39 is 17.6 Å². The molecule has 2 N–H and O–H groups in total. The number of para-hydroxylation sites is 1. The molecule has 5 nitrogen and oxygen atoms in total. The number of dihydropyridines is 1. The number of hydrogen-bond donors (Lipinski definition) is 2. The lowest BCUT2D eigenvalue weighted by molar-refractivity contribution is -0.116. The Bertz CT molecular complexity index is 1010. The van der Waals surface area contributed by atoms with Crippen molar-refractivity contribution in [2.75, 3.05) is 5.32 Å².